The molecule has 5 N–H and O–H groups in total. The summed E-state index contributed by atoms with van der Waals surface area (Å²) in [7, 11) is 0. The van der Waals surface area contributed by atoms with Crippen molar-refractivity contribution in [3.63, 3.8) is 0 Å². The van der Waals surface area contributed by atoms with Crippen molar-refractivity contribution in [3.8, 4) is 5.75 Å². The zero-order valence-corrected chi connectivity index (χ0v) is 15.1. The number of carbonyl (C=O) groups is 3. The number of nitrogens with one attached hydrogen (secondary N) is 3. The Morgan fingerprint density at radius 1 is 1.00 bits per heavy atom. The van der Waals surface area contributed by atoms with Gasteiger partial charge in [0.15, 0.2) is 6.10 Å². The van der Waals surface area contributed by atoms with Gasteiger partial charge in [-0.25, -0.2) is 9.18 Å². The van der Waals surface area contributed by atoms with Gasteiger partial charge in [-0.2, -0.15) is 0 Å². The fourth-order valence-corrected chi connectivity index (χ4v) is 2.31. The minimum absolute atomic E-state index is 0.188. The molecule has 9 heteroatoms. The molecule has 0 saturated carbocycles. The van der Waals surface area contributed by atoms with Crippen molar-refractivity contribution < 1.29 is 23.5 Å². The molecule has 28 heavy (non-hydrogen) atoms. The molecule has 2 atom stereocenters. The van der Waals surface area contributed by atoms with Gasteiger partial charge in [0.25, 0.3) is 11.8 Å². The molecule has 0 bridgehead atoms. The van der Waals surface area contributed by atoms with Crippen LogP contribution in [0.5, 0.6) is 5.75 Å². The third-order valence-electron chi connectivity index (χ3n) is 3.72. The molecule has 0 saturated heterocycles. The van der Waals surface area contributed by atoms with Crippen molar-refractivity contribution in [2.75, 3.05) is 0 Å². The largest absolute Gasteiger partial charge is 0.481 e. The number of halogens is 1. The SMILES string of the molecule is CC(Oc1ccc(F)cc1)C(=O)NNC(=O)C(Cc1ccccc1)NC(N)=O. The Kier molecular flexibility index (Phi) is 7.32. The molecule has 0 fully saturated rings. The van der Waals surface area contributed by atoms with Crippen LogP contribution < -0.4 is 26.6 Å². The number of hydrazine groups is 1. The van der Waals surface area contributed by atoms with Gasteiger partial charge in [0.2, 0.25) is 0 Å². The van der Waals surface area contributed by atoms with E-state index in [1.54, 1.807) is 24.3 Å². The van der Waals surface area contributed by atoms with Crippen molar-refractivity contribution in [1.29, 1.82) is 0 Å². The Hall–Kier alpha value is -3.62. The highest BCUT2D eigenvalue weighted by Crippen LogP contribution is 2.12. The highest BCUT2D eigenvalue weighted by atomic mass is 19.1. The Balaban J connectivity index is 1.90. The zero-order chi connectivity index (χ0) is 20.5. The number of hydrogen-bond acceptors (Lipinski definition) is 4. The van der Waals surface area contributed by atoms with Crippen molar-refractivity contribution in [2.24, 2.45) is 5.73 Å². The van der Waals surface area contributed by atoms with Gasteiger partial charge in [-0.15, -0.1) is 0 Å². The van der Waals surface area contributed by atoms with Crippen LogP contribution in [0, 0.1) is 5.82 Å². The van der Waals surface area contributed by atoms with Crippen LogP contribution in [-0.4, -0.2) is 30.0 Å². The summed E-state index contributed by atoms with van der Waals surface area (Å²) in [4.78, 5) is 35.6. The molecule has 0 aliphatic heterocycles. The Morgan fingerprint density at radius 2 is 1.61 bits per heavy atom. The molecule has 8 nitrogen and oxygen atoms in total. The van der Waals surface area contributed by atoms with Gasteiger partial charge in [0.1, 0.15) is 17.6 Å². The molecule has 0 aliphatic rings. The summed E-state index contributed by atoms with van der Waals surface area (Å²) in [6.45, 7) is 1.47. The van der Waals surface area contributed by atoms with Crippen molar-refractivity contribution in [2.45, 2.75) is 25.5 Å². The summed E-state index contributed by atoms with van der Waals surface area (Å²) in [5.41, 5.74) is 10.4. The van der Waals surface area contributed by atoms with Crippen LogP contribution >= 0.6 is 0 Å². The highest BCUT2D eigenvalue weighted by molar-refractivity contribution is 5.89. The number of ether oxygens (including phenoxy) is 1. The lowest BCUT2D eigenvalue weighted by molar-refractivity contribution is -0.133. The topological polar surface area (TPSA) is 123 Å². The second-order valence-electron chi connectivity index (χ2n) is 5.94. The maximum Gasteiger partial charge on any atom is 0.312 e. The standard InChI is InChI=1S/C19H21FN4O4/c1-12(28-15-9-7-14(20)8-10-15)17(25)23-24-18(26)16(22-19(21)27)11-13-5-3-2-4-6-13/h2-10,12,16H,11H2,1H3,(H,23,25)(H,24,26)(H3,21,22,27). The van der Waals surface area contributed by atoms with E-state index in [4.69, 9.17) is 10.5 Å². The van der Waals surface area contributed by atoms with E-state index in [9.17, 15) is 18.8 Å². The molecular weight excluding hydrogens is 367 g/mol. The third kappa shape index (κ3) is 6.60. The smallest absolute Gasteiger partial charge is 0.312 e. The van der Waals surface area contributed by atoms with E-state index in [0.717, 1.165) is 5.56 Å². The quantitative estimate of drug-likeness (QED) is 0.529. The maximum absolute atomic E-state index is 12.9. The van der Waals surface area contributed by atoms with E-state index in [0.29, 0.717) is 5.75 Å². The van der Waals surface area contributed by atoms with E-state index in [1.807, 2.05) is 6.07 Å². The normalized spacial score (nSPS) is 12.4. The Morgan fingerprint density at radius 3 is 2.21 bits per heavy atom. The molecule has 2 aromatic carbocycles. The molecular formula is C19H21FN4O4. The van der Waals surface area contributed by atoms with Gasteiger partial charge in [-0.05, 0) is 36.8 Å². The van der Waals surface area contributed by atoms with Crippen LogP contribution in [0.1, 0.15) is 12.5 Å². The van der Waals surface area contributed by atoms with E-state index < -0.39 is 35.8 Å². The van der Waals surface area contributed by atoms with Crippen LogP contribution in [0.15, 0.2) is 54.6 Å². The summed E-state index contributed by atoms with van der Waals surface area (Å²) in [5.74, 6) is -1.41. The number of rotatable bonds is 7. The van der Waals surface area contributed by atoms with Gasteiger partial charge in [-0.3, -0.25) is 20.4 Å². The van der Waals surface area contributed by atoms with Crippen molar-refractivity contribution in [3.05, 3.63) is 66.0 Å². The van der Waals surface area contributed by atoms with Gasteiger partial charge in [0, 0.05) is 6.42 Å². The molecule has 0 spiro atoms. The third-order valence-corrected chi connectivity index (χ3v) is 3.72. The minimum Gasteiger partial charge on any atom is -0.481 e. The number of urea groups is 1. The lowest BCUT2D eigenvalue weighted by Crippen LogP contribution is -2.55. The van der Waals surface area contributed by atoms with Gasteiger partial charge < -0.3 is 15.8 Å². The first-order chi connectivity index (χ1) is 13.3. The molecule has 2 unspecified atom stereocenters. The number of hydrogen-bond donors (Lipinski definition) is 4. The van der Waals surface area contributed by atoms with E-state index in [2.05, 4.69) is 16.2 Å². The lowest BCUT2D eigenvalue weighted by Gasteiger charge is -2.19. The Bertz CT molecular complexity index is 814. The van der Waals surface area contributed by atoms with Crippen molar-refractivity contribution >= 4 is 17.8 Å². The average molecular weight is 388 g/mol. The average Bonchev–Trinajstić information content (AvgIpc) is 2.67. The highest BCUT2D eigenvalue weighted by Gasteiger charge is 2.22. The van der Waals surface area contributed by atoms with Crippen LogP contribution in [0.4, 0.5) is 9.18 Å². The monoisotopic (exact) mass is 388 g/mol. The summed E-state index contributed by atoms with van der Waals surface area (Å²) >= 11 is 0. The molecule has 4 amide bonds. The predicted molar refractivity (Wildman–Crippen MR) is 99.4 cm³/mol. The molecule has 2 aromatic rings. The first kappa shape index (κ1) is 20.7. The van der Waals surface area contributed by atoms with Gasteiger partial charge in [-0.1, -0.05) is 30.3 Å². The first-order valence-corrected chi connectivity index (χ1v) is 8.47. The van der Waals surface area contributed by atoms with E-state index in [1.165, 1.54) is 31.2 Å². The number of amides is 4. The summed E-state index contributed by atoms with van der Waals surface area (Å²) in [6, 6.07) is 12.3. The molecule has 0 aromatic heterocycles. The van der Waals surface area contributed by atoms with Crippen LogP contribution in [0.2, 0.25) is 0 Å². The van der Waals surface area contributed by atoms with Crippen molar-refractivity contribution in [1.82, 2.24) is 16.2 Å². The summed E-state index contributed by atoms with van der Waals surface area (Å²) in [5, 5.41) is 2.33. The molecule has 0 heterocycles. The predicted octanol–water partition coefficient (Wildman–Crippen LogP) is 1.02. The second-order valence-corrected chi connectivity index (χ2v) is 5.94. The fourth-order valence-electron chi connectivity index (χ4n) is 2.31. The second kappa shape index (κ2) is 9.91. The van der Waals surface area contributed by atoms with Crippen LogP contribution in [-0.2, 0) is 16.0 Å². The first-order valence-electron chi connectivity index (χ1n) is 8.47. The van der Waals surface area contributed by atoms with Gasteiger partial charge >= 0.3 is 6.03 Å². The van der Waals surface area contributed by atoms with Gasteiger partial charge in [0.05, 0.1) is 0 Å². The molecule has 2 rings (SSSR count). The maximum atomic E-state index is 12.9. The minimum atomic E-state index is -0.978. The summed E-state index contributed by atoms with van der Waals surface area (Å²) in [6.07, 6.45) is -0.768. The summed E-state index contributed by atoms with van der Waals surface area (Å²) < 4.78 is 18.3. The number of benzene rings is 2. The van der Waals surface area contributed by atoms with Crippen LogP contribution in [0.25, 0.3) is 0 Å². The fraction of sp³-hybridized carbons (Fsp3) is 0.211. The molecule has 0 aliphatic carbocycles. The number of nitrogens with two attached hydrogens (primary N) is 1. The number of carbonyl (C=O) groups excluding carboxylic acids is 3. The zero-order valence-electron chi connectivity index (χ0n) is 15.1. The molecule has 148 valence electrons. The lowest BCUT2D eigenvalue weighted by atomic mass is 10.1. The van der Waals surface area contributed by atoms with E-state index >= 15 is 0 Å². The number of primary amides is 1. The molecule has 0 radical (unpaired) electrons. The van der Waals surface area contributed by atoms with Crippen LogP contribution in [0.3, 0.4) is 0 Å². The van der Waals surface area contributed by atoms with E-state index in [-0.39, 0.29) is 6.42 Å². The Labute approximate surface area is 161 Å².